The van der Waals surface area contributed by atoms with E-state index in [1.54, 1.807) is 24.3 Å². The Kier molecular flexibility index (Phi) is 9.45. The number of fused-ring (bicyclic) bond motifs is 1. The van der Waals surface area contributed by atoms with Gasteiger partial charge in [0.05, 0.1) is 17.1 Å². The van der Waals surface area contributed by atoms with Gasteiger partial charge in [0.1, 0.15) is 18.5 Å². The summed E-state index contributed by atoms with van der Waals surface area (Å²) in [6, 6.07) is 23.0. The summed E-state index contributed by atoms with van der Waals surface area (Å²) in [5.74, 6) is -0.271. The number of nitrogens with zero attached hydrogens (tertiary/aromatic N) is 1. The topological polar surface area (TPSA) is 145 Å². The Hall–Kier alpha value is -4.70. The van der Waals surface area contributed by atoms with Crippen molar-refractivity contribution in [2.24, 2.45) is 5.92 Å². The monoisotopic (exact) mass is 569 g/mol. The molecule has 42 heavy (non-hydrogen) atoms. The Morgan fingerprint density at radius 2 is 1.64 bits per heavy atom. The van der Waals surface area contributed by atoms with Crippen molar-refractivity contribution in [3.05, 3.63) is 101 Å². The van der Waals surface area contributed by atoms with E-state index in [-0.39, 0.29) is 19.2 Å². The van der Waals surface area contributed by atoms with Crippen molar-refractivity contribution in [2.45, 2.75) is 50.9 Å². The number of alkyl carbamates (subject to hydrolysis) is 1. The lowest BCUT2D eigenvalue weighted by atomic mass is 9.97. The highest BCUT2D eigenvalue weighted by Crippen LogP contribution is 2.35. The predicted molar refractivity (Wildman–Crippen MR) is 158 cm³/mol. The number of para-hydroxylation sites is 2. The fraction of sp³-hybridized carbons (Fsp3) is 0.312. The van der Waals surface area contributed by atoms with Crippen molar-refractivity contribution in [1.29, 1.82) is 0 Å². The maximum Gasteiger partial charge on any atom is 0.408 e. The molecule has 1 unspecified atom stereocenters. The number of aliphatic carboxylic acids is 1. The predicted octanol–water partition coefficient (Wildman–Crippen LogP) is 4.69. The van der Waals surface area contributed by atoms with Crippen LogP contribution in [-0.4, -0.2) is 45.6 Å². The molecule has 0 saturated heterocycles. The normalized spacial score (nSPS) is 14.8. The molecule has 2 atom stereocenters. The Morgan fingerprint density at radius 3 is 2.36 bits per heavy atom. The van der Waals surface area contributed by atoms with Gasteiger partial charge in [0.2, 0.25) is 0 Å². The molecule has 1 saturated carbocycles. The number of rotatable bonds is 12. The number of nitrogens with one attached hydrogen (secondary N) is 4. The van der Waals surface area contributed by atoms with E-state index in [0.29, 0.717) is 18.0 Å². The van der Waals surface area contributed by atoms with E-state index in [0.717, 1.165) is 40.8 Å². The van der Waals surface area contributed by atoms with Crippen LogP contribution in [-0.2, 0) is 22.7 Å². The Morgan fingerprint density at radius 1 is 0.929 bits per heavy atom. The fourth-order valence-electron chi connectivity index (χ4n) is 5.30. The lowest BCUT2D eigenvalue weighted by Crippen LogP contribution is -2.48. The van der Waals surface area contributed by atoms with Crippen molar-refractivity contribution < 1.29 is 24.2 Å². The van der Waals surface area contributed by atoms with Crippen LogP contribution in [0.15, 0.2) is 78.9 Å². The summed E-state index contributed by atoms with van der Waals surface area (Å²) < 4.78 is 5.09. The molecule has 1 aliphatic carbocycles. The molecular formula is C32H35N5O5. The number of amides is 2. The van der Waals surface area contributed by atoms with Crippen LogP contribution >= 0.6 is 0 Å². The molecule has 1 aromatic heterocycles. The van der Waals surface area contributed by atoms with Gasteiger partial charge in [-0.15, -0.1) is 0 Å². The van der Waals surface area contributed by atoms with Crippen LogP contribution in [0.4, 0.5) is 4.79 Å². The average Bonchev–Trinajstić information content (AvgIpc) is 3.70. The van der Waals surface area contributed by atoms with Crippen molar-refractivity contribution in [3.8, 4) is 0 Å². The highest BCUT2D eigenvalue weighted by Gasteiger charge is 2.28. The van der Waals surface area contributed by atoms with E-state index in [1.807, 2.05) is 54.6 Å². The van der Waals surface area contributed by atoms with Gasteiger partial charge < -0.3 is 30.8 Å². The van der Waals surface area contributed by atoms with E-state index in [4.69, 9.17) is 9.72 Å². The summed E-state index contributed by atoms with van der Waals surface area (Å²) in [6.07, 6.45) is 3.88. The van der Waals surface area contributed by atoms with Crippen LogP contribution < -0.4 is 16.0 Å². The SMILES string of the molecule is O=C(N[C@@H](CNC(=O)c1ccc(CNC(c2nc3ccccc3[nH]2)C2CCCC2)cc1)C(=O)O)OCc1ccccc1. The minimum absolute atomic E-state index is 0.00621. The zero-order valence-electron chi connectivity index (χ0n) is 23.2. The van der Waals surface area contributed by atoms with Crippen molar-refractivity contribution in [2.75, 3.05) is 6.54 Å². The first-order valence-electron chi connectivity index (χ1n) is 14.2. The lowest BCUT2D eigenvalue weighted by molar-refractivity contribution is -0.139. The highest BCUT2D eigenvalue weighted by molar-refractivity contribution is 5.94. The Bertz CT molecular complexity index is 1470. The van der Waals surface area contributed by atoms with Crippen molar-refractivity contribution in [1.82, 2.24) is 25.9 Å². The third-order valence-corrected chi connectivity index (χ3v) is 7.59. The molecule has 10 nitrogen and oxygen atoms in total. The number of aromatic amines is 1. The second-order valence-corrected chi connectivity index (χ2v) is 10.5. The van der Waals surface area contributed by atoms with E-state index in [1.165, 1.54) is 12.8 Å². The van der Waals surface area contributed by atoms with Crippen LogP contribution in [0.3, 0.4) is 0 Å². The summed E-state index contributed by atoms with van der Waals surface area (Å²) >= 11 is 0. The number of aromatic nitrogens is 2. The summed E-state index contributed by atoms with van der Waals surface area (Å²) in [6.45, 7) is 0.320. The number of benzene rings is 3. The van der Waals surface area contributed by atoms with Crippen LogP contribution in [0.2, 0.25) is 0 Å². The number of carbonyl (C=O) groups is 3. The number of hydrogen-bond acceptors (Lipinski definition) is 6. The third-order valence-electron chi connectivity index (χ3n) is 7.59. The minimum atomic E-state index is -1.34. The van der Waals surface area contributed by atoms with Gasteiger partial charge in [-0.2, -0.15) is 0 Å². The molecule has 10 heteroatoms. The molecule has 1 heterocycles. The quantitative estimate of drug-likeness (QED) is 0.166. The van der Waals surface area contributed by atoms with E-state index < -0.39 is 24.0 Å². The first-order valence-corrected chi connectivity index (χ1v) is 14.2. The summed E-state index contributed by atoms with van der Waals surface area (Å²) in [7, 11) is 0. The third kappa shape index (κ3) is 7.52. The van der Waals surface area contributed by atoms with Crippen molar-refractivity contribution in [3.63, 3.8) is 0 Å². The van der Waals surface area contributed by atoms with E-state index in [9.17, 15) is 19.5 Å². The maximum atomic E-state index is 12.7. The number of carboxylic acids is 1. The first kappa shape index (κ1) is 28.8. The standard InChI is InChI=1S/C32H35N5O5/c38-30(34-19-27(31(39)40)37-32(41)42-20-22-8-2-1-3-9-22)24-16-14-21(15-17-24)18-33-28(23-10-4-5-11-23)29-35-25-12-6-7-13-26(25)36-29/h1-3,6-9,12-17,23,27-28,33H,4-5,10-11,18-20H2,(H,34,38)(H,35,36)(H,37,41)(H,39,40)/t27-,28?/m0/s1. The molecule has 2 amide bonds. The minimum Gasteiger partial charge on any atom is -0.480 e. The van der Waals surface area contributed by atoms with Crippen LogP contribution in [0.1, 0.15) is 59.0 Å². The van der Waals surface area contributed by atoms with Gasteiger partial charge >= 0.3 is 12.1 Å². The number of hydrogen-bond donors (Lipinski definition) is 5. The Labute approximate surface area is 243 Å². The molecule has 3 aromatic carbocycles. The van der Waals surface area contributed by atoms with Crippen LogP contribution in [0.5, 0.6) is 0 Å². The second-order valence-electron chi connectivity index (χ2n) is 10.5. The van der Waals surface area contributed by atoms with Gasteiger partial charge in [0, 0.05) is 18.7 Å². The molecule has 218 valence electrons. The molecule has 1 aliphatic rings. The number of carbonyl (C=O) groups excluding carboxylic acids is 2. The molecule has 5 N–H and O–H groups in total. The number of H-pyrrole nitrogens is 1. The summed E-state index contributed by atoms with van der Waals surface area (Å²) in [5.41, 5.74) is 4.15. The van der Waals surface area contributed by atoms with Gasteiger partial charge in [0.15, 0.2) is 0 Å². The number of carboxylic acid groups (broad SMARTS) is 1. The zero-order valence-corrected chi connectivity index (χ0v) is 23.2. The lowest BCUT2D eigenvalue weighted by Gasteiger charge is -2.23. The molecule has 4 aromatic rings. The van der Waals surface area contributed by atoms with Crippen molar-refractivity contribution >= 4 is 29.0 Å². The molecular weight excluding hydrogens is 534 g/mol. The molecule has 0 aliphatic heterocycles. The summed E-state index contributed by atoms with van der Waals surface area (Å²) in [5, 5.41) is 18.0. The molecule has 0 radical (unpaired) electrons. The maximum absolute atomic E-state index is 12.7. The second kappa shape index (κ2) is 13.8. The zero-order chi connectivity index (χ0) is 29.3. The molecule has 1 fully saturated rings. The van der Waals surface area contributed by atoms with Gasteiger partial charge in [-0.3, -0.25) is 4.79 Å². The van der Waals surface area contributed by atoms with Gasteiger partial charge in [-0.05, 0) is 54.2 Å². The number of ether oxygens (including phenoxy) is 1. The van der Waals surface area contributed by atoms with Gasteiger partial charge in [0.25, 0.3) is 5.91 Å². The van der Waals surface area contributed by atoms with Gasteiger partial charge in [-0.1, -0.05) is 67.4 Å². The molecule has 0 spiro atoms. The fourth-order valence-corrected chi connectivity index (χ4v) is 5.30. The smallest absolute Gasteiger partial charge is 0.408 e. The Balaban J connectivity index is 1.13. The van der Waals surface area contributed by atoms with Crippen LogP contribution in [0.25, 0.3) is 11.0 Å². The average molecular weight is 570 g/mol. The summed E-state index contributed by atoms with van der Waals surface area (Å²) in [4.78, 5) is 44.8. The molecule has 5 rings (SSSR count). The van der Waals surface area contributed by atoms with Crippen LogP contribution in [0, 0.1) is 5.92 Å². The van der Waals surface area contributed by atoms with E-state index >= 15 is 0 Å². The van der Waals surface area contributed by atoms with E-state index in [2.05, 4.69) is 20.9 Å². The van der Waals surface area contributed by atoms with Gasteiger partial charge in [-0.25, -0.2) is 14.6 Å². The largest absolute Gasteiger partial charge is 0.480 e. The highest BCUT2D eigenvalue weighted by atomic mass is 16.5. The number of imidazole rings is 1. The first-order chi connectivity index (χ1) is 20.5. The molecule has 0 bridgehead atoms.